The van der Waals surface area contributed by atoms with E-state index in [1.807, 2.05) is 27.7 Å². The first kappa shape index (κ1) is 52.6. The summed E-state index contributed by atoms with van der Waals surface area (Å²) in [4.78, 5) is 12.1. The third-order valence-electron chi connectivity index (χ3n) is 17.6. The average Bonchev–Trinajstić information content (AvgIpc) is 4.02. The lowest BCUT2D eigenvalue weighted by molar-refractivity contribution is -0.389. The van der Waals surface area contributed by atoms with Gasteiger partial charge in [0, 0.05) is 84.4 Å². The molecule has 7 saturated heterocycles. The number of carbonyl (C=O) groups is 1. The molecule has 7 fully saturated rings. The van der Waals surface area contributed by atoms with E-state index in [9.17, 15) is 25.2 Å². The molecule has 0 amide bonds. The third-order valence-corrected chi connectivity index (χ3v) is 17.6. The number of aliphatic carboxylic acids is 1. The van der Waals surface area contributed by atoms with Crippen LogP contribution in [0.4, 0.5) is 0 Å². The molecule has 18 nitrogen and oxygen atoms in total. The zero-order valence-corrected chi connectivity index (χ0v) is 41.7. The van der Waals surface area contributed by atoms with Crippen molar-refractivity contribution in [2.45, 2.75) is 234 Å². The van der Waals surface area contributed by atoms with Crippen LogP contribution < -0.4 is 0 Å². The van der Waals surface area contributed by atoms with Gasteiger partial charge in [-0.1, -0.05) is 34.6 Å². The highest BCUT2D eigenvalue weighted by Crippen LogP contribution is 2.57. The quantitative estimate of drug-likeness (QED) is 0.194. The lowest BCUT2D eigenvalue weighted by atomic mass is 9.73. The van der Waals surface area contributed by atoms with E-state index in [-0.39, 0.29) is 78.9 Å². The minimum Gasteiger partial charge on any atom is -0.479 e. The van der Waals surface area contributed by atoms with Gasteiger partial charge in [0.1, 0.15) is 11.2 Å². The zero-order chi connectivity index (χ0) is 48.5. The van der Waals surface area contributed by atoms with Crippen molar-refractivity contribution in [2.75, 3.05) is 35.5 Å². The Morgan fingerprint density at radius 2 is 1.33 bits per heavy atom. The van der Waals surface area contributed by atoms with Gasteiger partial charge in [0.2, 0.25) is 11.9 Å². The standard InChI is InChI=1S/C48H82O18/c1-23-38(62-37-20-18-30(54-10)28(6)59-37)25(3)46(9,52)65-39(23)33-16-15-31(60-33)32-17-19-35(61-32)45(8)42(57-13)27(5)48(66-45)24(2)34(55-11)21-29(63-48)22-36-44(7,58-14)41(56-12)26(4)47(53,64-36)40(49)43(50)51/h23-42,49,52-53H,15-22H2,1-14H3,(H,50,51)/t23-,24+,25+,26-,27+,28+,29-,30-,31+,32-,33+,34+,35+,36-,37-,38-,39-,40-,41-,42+,44-,45+,46-,47-,48+/m0/s1. The molecule has 25 atom stereocenters. The van der Waals surface area contributed by atoms with E-state index in [0.29, 0.717) is 19.3 Å². The summed E-state index contributed by atoms with van der Waals surface area (Å²) in [5.74, 6) is -8.80. The van der Waals surface area contributed by atoms with Crippen molar-refractivity contribution in [1.82, 2.24) is 0 Å². The van der Waals surface area contributed by atoms with Gasteiger partial charge in [-0.2, -0.15) is 0 Å². The molecule has 1 spiro atoms. The molecule has 0 aliphatic carbocycles. The highest BCUT2D eigenvalue weighted by molar-refractivity contribution is 5.73. The molecule has 18 heteroatoms. The second kappa shape index (κ2) is 19.8. The molecule has 0 unspecified atom stereocenters. The summed E-state index contributed by atoms with van der Waals surface area (Å²) in [5, 5.41) is 43.9. The highest BCUT2D eigenvalue weighted by atomic mass is 16.7. The lowest BCUT2D eigenvalue weighted by Crippen LogP contribution is -2.72. The van der Waals surface area contributed by atoms with E-state index in [1.54, 1.807) is 42.1 Å². The summed E-state index contributed by atoms with van der Waals surface area (Å²) in [6.45, 7) is 17.2. The summed E-state index contributed by atoms with van der Waals surface area (Å²) in [7, 11) is 7.98. The Bertz CT molecular complexity index is 1660. The molecule has 66 heavy (non-hydrogen) atoms. The van der Waals surface area contributed by atoms with E-state index >= 15 is 0 Å². The number of hydrogen-bond acceptors (Lipinski definition) is 17. The molecule has 0 aromatic carbocycles. The lowest BCUT2D eigenvalue weighted by Gasteiger charge is -2.56. The van der Waals surface area contributed by atoms with E-state index in [4.69, 9.17) is 61.6 Å². The second-order valence-corrected chi connectivity index (χ2v) is 21.2. The van der Waals surface area contributed by atoms with Gasteiger partial charge in [-0.25, -0.2) is 4.79 Å². The third kappa shape index (κ3) is 8.95. The Hall–Kier alpha value is -1.17. The van der Waals surface area contributed by atoms with Crippen molar-refractivity contribution in [2.24, 2.45) is 29.6 Å². The Morgan fingerprint density at radius 3 is 1.94 bits per heavy atom. The maximum Gasteiger partial charge on any atom is 0.338 e. The number of hydrogen-bond donors (Lipinski definition) is 4. The predicted octanol–water partition coefficient (Wildman–Crippen LogP) is 3.94. The Morgan fingerprint density at radius 1 is 0.697 bits per heavy atom. The molecular formula is C48H82O18. The van der Waals surface area contributed by atoms with Crippen LogP contribution in [0, 0.1) is 29.6 Å². The molecule has 0 saturated carbocycles. The van der Waals surface area contributed by atoms with Gasteiger partial charge >= 0.3 is 5.97 Å². The van der Waals surface area contributed by atoms with E-state index in [1.165, 1.54) is 14.2 Å². The van der Waals surface area contributed by atoms with Gasteiger partial charge < -0.3 is 82.0 Å². The fraction of sp³-hybridized carbons (Fsp3) is 0.979. The average molecular weight is 947 g/mol. The second-order valence-electron chi connectivity index (χ2n) is 21.2. The normalized spacial score (nSPS) is 53.9. The summed E-state index contributed by atoms with van der Waals surface area (Å²) >= 11 is 0. The molecule has 0 aromatic rings. The zero-order valence-electron chi connectivity index (χ0n) is 41.7. The summed E-state index contributed by atoms with van der Waals surface area (Å²) in [6.07, 6.45) is -2.92. The molecular weight excluding hydrogens is 865 g/mol. The van der Waals surface area contributed by atoms with Crippen LogP contribution in [-0.4, -0.2) is 182 Å². The number of rotatable bonds is 14. The van der Waals surface area contributed by atoms with Crippen LogP contribution in [0.15, 0.2) is 0 Å². The van der Waals surface area contributed by atoms with Crippen LogP contribution in [0.25, 0.3) is 0 Å². The topological polar surface area (TPSA) is 218 Å². The Balaban J connectivity index is 1.05. The first-order valence-electron chi connectivity index (χ1n) is 24.4. The molecule has 7 rings (SSSR count). The van der Waals surface area contributed by atoms with Gasteiger partial charge in [0.25, 0.3) is 0 Å². The smallest absolute Gasteiger partial charge is 0.338 e. The minimum atomic E-state index is -2.50. The van der Waals surface area contributed by atoms with Gasteiger partial charge in [-0.3, -0.25) is 0 Å². The number of carboxylic acids is 1. The number of methoxy groups -OCH3 is 5. The number of aliphatic hydroxyl groups is 3. The minimum absolute atomic E-state index is 0.0182. The Labute approximate surface area is 391 Å². The molecule has 7 aliphatic rings. The van der Waals surface area contributed by atoms with Crippen molar-refractivity contribution in [3.8, 4) is 0 Å². The SMILES string of the molecule is CO[C@H]1CC[C@H](O[C@H]2[C@H](C)[C@@H]([C@H]3CC[C@H]([C@@H]4CC[C@H]([C@@]5(C)O[C@@]6(O[C@H](C[C@@H]7O[C@](O)([C@@H](O)C(=O)O)[C@@H](C)[C@H](OC)[C@@]7(C)OC)C[C@@H](OC)[C@H]6C)[C@H](C)[C@H]5OC)O4)O3)O[C@](C)(O)[C@@H]2C)O[C@@H]1C. The van der Waals surface area contributed by atoms with E-state index in [2.05, 4.69) is 13.8 Å². The molecule has 7 aliphatic heterocycles. The van der Waals surface area contributed by atoms with Crippen molar-refractivity contribution in [3.63, 3.8) is 0 Å². The summed E-state index contributed by atoms with van der Waals surface area (Å²) in [5.41, 5.74) is -2.16. The van der Waals surface area contributed by atoms with Crippen molar-refractivity contribution in [3.05, 3.63) is 0 Å². The highest BCUT2D eigenvalue weighted by Gasteiger charge is 2.70. The predicted molar refractivity (Wildman–Crippen MR) is 234 cm³/mol. The maximum absolute atomic E-state index is 12.1. The summed E-state index contributed by atoms with van der Waals surface area (Å²) in [6, 6.07) is 0. The monoisotopic (exact) mass is 947 g/mol. The van der Waals surface area contributed by atoms with Crippen molar-refractivity contribution >= 4 is 5.97 Å². The molecule has 382 valence electrons. The van der Waals surface area contributed by atoms with Gasteiger partial charge in [-0.15, -0.1) is 0 Å². The number of ether oxygens (including phenoxy) is 13. The van der Waals surface area contributed by atoms with E-state index < -0.39 is 83.4 Å². The maximum atomic E-state index is 12.1. The van der Waals surface area contributed by atoms with Crippen LogP contribution in [0.5, 0.6) is 0 Å². The fourth-order valence-corrected chi connectivity index (χ4v) is 13.3. The summed E-state index contributed by atoms with van der Waals surface area (Å²) < 4.78 is 83.8. The number of aliphatic hydroxyl groups excluding tert-OH is 1. The molecule has 7 heterocycles. The number of carboxylic acid groups (broad SMARTS) is 1. The van der Waals surface area contributed by atoms with Crippen molar-refractivity contribution in [1.29, 1.82) is 0 Å². The van der Waals surface area contributed by atoms with Crippen LogP contribution in [0.1, 0.15) is 114 Å². The molecule has 0 radical (unpaired) electrons. The van der Waals surface area contributed by atoms with Crippen LogP contribution in [0.3, 0.4) is 0 Å². The molecule has 4 N–H and O–H groups in total. The fourth-order valence-electron chi connectivity index (χ4n) is 13.3. The largest absolute Gasteiger partial charge is 0.479 e. The van der Waals surface area contributed by atoms with Crippen LogP contribution in [0.2, 0.25) is 0 Å². The first-order valence-corrected chi connectivity index (χ1v) is 24.4. The van der Waals surface area contributed by atoms with Crippen LogP contribution in [-0.2, 0) is 66.4 Å². The Kier molecular flexibility index (Phi) is 15.8. The molecule has 0 aromatic heterocycles. The van der Waals surface area contributed by atoms with Crippen molar-refractivity contribution < 1.29 is 86.8 Å². The van der Waals surface area contributed by atoms with Crippen LogP contribution >= 0.6 is 0 Å². The first-order chi connectivity index (χ1) is 31.0. The van der Waals surface area contributed by atoms with Gasteiger partial charge in [0.05, 0.1) is 79.4 Å². The van der Waals surface area contributed by atoms with Gasteiger partial charge in [0.15, 0.2) is 17.9 Å². The van der Waals surface area contributed by atoms with E-state index in [0.717, 1.165) is 25.7 Å². The van der Waals surface area contributed by atoms with Gasteiger partial charge in [-0.05, 0) is 59.8 Å². The molecule has 0 bridgehead atoms.